The molecule has 4 heterocycles. The monoisotopic (exact) mass is 757 g/mol. The van der Waals surface area contributed by atoms with Crippen molar-refractivity contribution >= 4 is 40.9 Å². The van der Waals surface area contributed by atoms with Crippen LogP contribution in [-0.2, 0) is 38.1 Å². The summed E-state index contributed by atoms with van der Waals surface area (Å²) in [5, 5.41) is 27.4. The number of rotatable bonds is 6. The Morgan fingerprint density at radius 2 is 1.79 bits per heavy atom. The highest BCUT2D eigenvalue weighted by Crippen LogP contribution is 2.39. The molecule has 11 nitrogen and oxygen atoms in total. The number of carbonyl (C=O) groups excluding carboxylic acids is 4. The van der Waals surface area contributed by atoms with Crippen molar-refractivity contribution in [3.63, 3.8) is 0 Å². The van der Waals surface area contributed by atoms with Gasteiger partial charge >= 0.3 is 5.97 Å². The Morgan fingerprint density at radius 3 is 2.43 bits per heavy atom. The summed E-state index contributed by atoms with van der Waals surface area (Å²) >= 11 is 1.51. The number of aliphatic hydroxyl groups is 2. The van der Waals surface area contributed by atoms with Crippen molar-refractivity contribution in [1.82, 2.24) is 4.90 Å². The minimum atomic E-state index is -2.49. The molecule has 294 valence electrons. The minimum absolute atomic E-state index is 0.0253. The van der Waals surface area contributed by atoms with Gasteiger partial charge in [0.15, 0.2) is 0 Å². The van der Waals surface area contributed by atoms with Gasteiger partial charge in [0, 0.05) is 44.9 Å². The average Bonchev–Trinajstić information content (AvgIpc) is 3.65. The van der Waals surface area contributed by atoms with Gasteiger partial charge in [-0.3, -0.25) is 14.4 Å². The molecule has 1 amide bonds. The first-order valence-electron chi connectivity index (χ1n) is 18.9. The summed E-state index contributed by atoms with van der Waals surface area (Å²) in [6.07, 6.45) is 4.29. The zero-order valence-corrected chi connectivity index (χ0v) is 33.1. The topological polar surface area (TPSA) is 149 Å². The molecule has 0 saturated carbocycles. The molecule has 0 radical (unpaired) electrons. The Morgan fingerprint density at radius 1 is 1.09 bits per heavy atom. The molecule has 0 aromatic carbocycles. The van der Waals surface area contributed by atoms with E-state index in [9.17, 15) is 29.4 Å². The van der Waals surface area contributed by atoms with E-state index in [0.29, 0.717) is 37.7 Å². The number of allylic oxidation sites excluding steroid dienone is 3. The Balaban J connectivity index is 1.79. The molecular formula is C41H59NO10S. The summed E-state index contributed by atoms with van der Waals surface area (Å²) in [4.78, 5) is 57.3. The fraction of sp³-hybridized carbons (Fsp3) is 0.659. The van der Waals surface area contributed by atoms with Gasteiger partial charge in [0.1, 0.15) is 24.0 Å². The molecule has 3 aliphatic heterocycles. The Labute approximate surface area is 318 Å². The molecule has 0 spiro atoms. The van der Waals surface area contributed by atoms with Gasteiger partial charge in [-0.25, -0.2) is 4.79 Å². The first-order valence-corrected chi connectivity index (χ1v) is 19.8. The number of amides is 1. The normalized spacial score (nSPS) is 37.2. The molecule has 53 heavy (non-hydrogen) atoms. The average molecular weight is 758 g/mol. The number of esters is 1. The Bertz CT molecular complexity index is 1510. The van der Waals surface area contributed by atoms with Crippen molar-refractivity contribution < 1.29 is 48.3 Å². The highest BCUT2D eigenvalue weighted by molar-refractivity contribution is 7.08. The SMILES string of the molecule is C=CC[C@@H]1/C=C(\C)C[C@H](C)C[C@H](OC)[C@H]2O[C@@](O)(C(=O)C(=O)N3CCCC[C@H]3C(=O)O[C@@H](/C(C)=C/c3ccsc3)[C@H](C)[C@@H](O)CC1=O)[C@H](C)C[C@@H]2OC. The van der Waals surface area contributed by atoms with Crippen LogP contribution in [-0.4, -0.2) is 102 Å². The minimum Gasteiger partial charge on any atom is -0.456 e. The third-order valence-corrected chi connectivity index (χ3v) is 11.9. The number of hydrogen-bond acceptors (Lipinski definition) is 11. The van der Waals surface area contributed by atoms with Crippen LogP contribution in [0.25, 0.3) is 6.08 Å². The van der Waals surface area contributed by atoms with Gasteiger partial charge in [-0.05, 0) is 92.7 Å². The van der Waals surface area contributed by atoms with E-state index < -0.39 is 77.8 Å². The molecule has 0 aliphatic carbocycles. The van der Waals surface area contributed by atoms with Gasteiger partial charge in [-0.2, -0.15) is 11.3 Å². The van der Waals surface area contributed by atoms with Crippen molar-refractivity contribution in [1.29, 1.82) is 0 Å². The molecule has 1 aromatic heterocycles. The van der Waals surface area contributed by atoms with E-state index in [0.717, 1.165) is 11.1 Å². The number of ether oxygens (including phenoxy) is 4. The van der Waals surface area contributed by atoms with Crippen LogP contribution in [0.15, 0.2) is 46.7 Å². The van der Waals surface area contributed by atoms with Crippen LogP contribution in [0.1, 0.15) is 91.5 Å². The number of cyclic esters (lactones) is 1. The maximum absolute atomic E-state index is 14.1. The third-order valence-electron chi connectivity index (χ3n) is 11.2. The number of fused-ring (bicyclic) bond motifs is 3. The molecule has 2 N–H and O–H groups in total. The second kappa shape index (κ2) is 19.0. The van der Waals surface area contributed by atoms with E-state index >= 15 is 0 Å². The third kappa shape index (κ3) is 10.2. The van der Waals surface area contributed by atoms with Gasteiger partial charge in [0.05, 0.1) is 18.3 Å². The molecule has 2 bridgehead atoms. The standard InChI is InChI=1S/C41H59NO10S/c1-9-12-30-18-24(2)17-25(3)19-34(49-7)37-35(50-8)21-27(5)41(48,52-37)38(45)39(46)42-15-11-10-13-31(42)40(47)51-36(28(6)32(43)22-33(30)44)26(4)20-29-14-16-53-23-29/h9,14,16,18,20,23,25,27-28,30-32,34-37,43,48H,1,10-13,15,17,19,21-22H2,2-8H3/b24-18+,26-20+/t25-,27+,28+,30+,31-,32-,34-,35-,36-,37+,41+/m0/s1. The Hall–Kier alpha value is -3.00. The molecule has 2 saturated heterocycles. The lowest BCUT2D eigenvalue weighted by atomic mass is 9.82. The fourth-order valence-corrected chi connectivity index (χ4v) is 8.73. The smallest absolute Gasteiger partial charge is 0.329 e. The second-order valence-electron chi connectivity index (χ2n) is 15.4. The summed E-state index contributed by atoms with van der Waals surface area (Å²) in [5.74, 6) is -7.57. The molecule has 3 aliphatic rings. The van der Waals surface area contributed by atoms with Gasteiger partial charge in [0.2, 0.25) is 5.79 Å². The number of methoxy groups -OCH3 is 2. The molecular weight excluding hydrogens is 699 g/mol. The van der Waals surface area contributed by atoms with Crippen molar-refractivity contribution in [2.45, 2.75) is 128 Å². The quantitative estimate of drug-likeness (QED) is 0.211. The fourth-order valence-electron chi connectivity index (χ4n) is 8.11. The number of carbonyl (C=O) groups is 4. The molecule has 2 fully saturated rings. The number of Topliss-reactive ketones (excluding diaryl/α,β-unsaturated/α-hetero) is 2. The number of aliphatic hydroxyl groups excluding tert-OH is 1. The lowest BCUT2D eigenvalue weighted by Crippen LogP contribution is -2.64. The van der Waals surface area contributed by atoms with Crippen LogP contribution < -0.4 is 0 Å². The first-order chi connectivity index (χ1) is 25.1. The largest absolute Gasteiger partial charge is 0.456 e. The summed E-state index contributed by atoms with van der Waals surface area (Å²) in [5.41, 5.74) is 2.51. The molecule has 0 unspecified atom stereocenters. The van der Waals surface area contributed by atoms with Crippen LogP contribution in [0.2, 0.25) is 0 Å². The molecule has 1 aromatic rings. The van der Waals surface area contributed by atoms with Gasteiger partial charge in [-0.1, -0.05) is 44.6 Å². The molecule has 4 rings (SSSR count). The summed E-state index contributed by atoms with van der Waals surface area (Å²) in [6, 6.07) is 0.810. The van der Waals surface area contributed by atoms with Crippen molar-refractivity contribution in [2.24, 2.45) is 23.7 Å². The van der Waals surface area contributed by atoms with E-state index in [4.69, 9.17) is 18.9 Å². The highest BCUT2D eigenvalue weighted by Gasteiger charge is 2.56. The van der Waals surface area contributed by atoms with E-state index in [1.54, 1.807) is 26.8 Å². The maximum Gasteiger partial charge on any atom is 0.329 e. The van der Waals surface area contributed by atoms with Gasteiger partial charge < -0.3 is 34.1 Å². The van der Waals surface area contributed by atoms with Crippen LogP contribution in [0.5, 0.6) is 0 Å². The summed E-state index contributed by atoms with van der Waals surface area (Å²) < 4.78 is 24.1. The van der Waals surface area contributed by atoms with Crippen LogP contribution in [0, 0.1) is 23.7 Å². The summed E-state index contributed by atoms with van der Waals surface area (Å²) in [7, 11) is 3.06. The number of piperidine rings is 1. The first kappa shape index (κ1) is 42.7. The van der Waals surface area contributed by atoms with Crippen molar-refractivity contribution in [2.75, 3.05) is 20.8 Å². The second-order valence-corrected chi connectivity index (χ2v) is 16.2. The zero-order valence-electron chi connectivity index (χ0n) is 32.3. The maximum atomic E-state index is 14.1. The van der Waals surface area contributed by atoms with E-state index in [-0.39, 0.29) is 37.5 Å². The van der Waals surface area contributed by atoms with Crippen LogP contribution >= 0.6 is 11.3 Å². The highest BCUT2D eigenvalue weighted by atomic mass is 32.1. The van der Waals surface area contributed by atoms with Gasteiger partial charge in [0.25, 0.3) is 11.7 Å². The zero-order chi connectivity index (χ0) is 39.0. The van der Waals surface area contributed by atoms with E-state index in [1.807, 2.05) is 42.8 Å². The number of nitrogens with zero attached hydrogens (tertiary/aromatic N) is 1. The Kier molecular flexibility index (Phi) is 15.4. The molecule has 11 atom stereocenters. The van der Waals surface area contributed by atoms with E-state index in [1.165, 1.54) is 30.5 Å². The van der Waals surface area contributed by atoms with Gasteiger partial charge in [-0.15, -0.1) is 6.58 Å². The predicted molar refractivity (Wildman–Crippen MR) is 203 cm³/mol. The predicted octanol–water partition coefficient (Wildman–Crippen LogP) is 5.68. The van der Waals surface area contributed by atoms with E-state index in [2.05, 4.69) is 6.58 Å². The molecule has 12 heteroatoms. The van der Waals surface area contributed by atoms with Crippen LogP contribution in [0.4, 0.5) is 0 Å². The van der Waals surface area contributed by atoms with Crippen molar-refractivity contribution in [3.05, 3.63) is 52.3 Å². The number of hydrogen-bond donors (Lipinski definition) is 2. The van der Waals surface area contributed by atoms with Crippen molar-refractivity contribution in [3.8, 4) is 0 Å². The number of thiophene rings is 1. The lowest BCUT2D eigenvalue weighted by Gasteiger charge is -2.47. The summed E-state index contributed by atoms with van der Waals surface area (Å²) in [6.45, 7) is 13.1. The lowest BCUT2D eigenvalue weighted by molar-refractivity contribution is -0.302. The number of ketones is 2. The van der Waals surface area contributed by atoms with Crippen LogP contribution in [0.3, 0.4) is 0 Å².